The van der Waals surface area contributed by atoms with Gasteiger partial charge >= 0.3 is 6.03 Å². The largest absolute Gasteiger partial charge is 0.356 e. The summed E-state index contributed by atoms with van der Waals surface area (Å²) < 4.78 is 5.23. The number of para-hydroxylation sites is 1. The lowest BCUT2D eigenvalue weighted by molar-refractivity contribution is 0.221. The van der Waals surface area contributed by atoms with Gasteiger partial charge in [0.1, 0.15) is 5.69 Å². The molecule has 5 nitrogen and oxygen atoms in total. The molecule has 0 unspecified atom stereocenters. The average molecular weight is 287 g/mol. The van der Waals surface area contributed by atoms with E-state index in [2.05, 4.69) is 22.7 Å². The van der Waals surface area contributed by atoms with Crippen LogP contribution >= 0.6 is 0 Å². The normalized spacial score (nSPS) is 22.1. The lowest BCUT2D eigenvalue weighted by Gasteiger charge is -2.29. The van der Waals surface area contributed by atoms with E-state index in [1.807, 2.05) is 24.3 Å². The smallest absolute Gasteiger partial charge is 0.315 e. The Bertz CT molecular complexity index is 623. The Balaban J connectivity index is 1.56. The topological polar surface area (TPSA) is 67.2 Å². The summed E-state index contributed by atoms with van der Waals surface area (Å²) in [5.74, 6) is 0.553. The second-order valence-electron chi connectivity index (χ2n) is 5.82. The molecule has 1 aliphatic rings. The Labute approximate surface area is 124 Å². The summed E-state index contributed by atoms with van der Waals surface area (Å²) in [4.78, 5) is 12.0. The number of aromatic nitrogens is 1. The minimum Gasteiger partial charge on any atom is -0.356 e. The van der Waals surface area contributed by atoms with Crippen LogP contribution in [-0.2, 0) is 6.54 Å². The molecule has 2 N–H and O–H groups in total. The lowest BCUT2D eigenvalue weighted by atomic mass is 9.86. The molecule has 0 bridgehead atoms. The monoisotopic (exact) mass is 287 g/mol. The number of carbonyl (C=O) groups excluding carboxylic acids is 1. The van der Waals surface area contributed by atoms with E-state index in [0.717, 1.165) is 23.1 Å². The van der Waals surface area contributed by atoms with Crippen LogP contribution in [-0.4, -0.2) is 17.2 Å². The van der Waals surface area contributed by atoms with Crippen molar-refractivity contribution in [2.24, 2.45) is 5.92 Å². The first-order chi connectivity index (χ1) is 10.2. The number of urea groups is 1. The highest BCUT2D eigenvalue weighted by Crippen LogP contribution is 2.23. The third kappa shape index (κ3) is 3.17. The third-order valence-electron chi connectivity index (χ3n) is 4.30. The van der Waals surface area contributed by atoms with Crippen LogP contribution in [0.2, 0.25) is 0 Å². The molecular weight excluding hydrogens is 266 g/mol. The molecule has 21 heavy (non-hydrogen) atoms. The number of fused-ring (bicyclic) bond motifs is 1. The number of carbonyl (C=O) groups is 1. The number of nitrogens with zero attached hydrogens (tertiary/aromatic N) is 1. The second-order valence-corrected chi connectivity index (χ2v) is 5.82. The molecule has 1 heterocycles. The van der Waals surface area contributed by atoms with Crippen molar-refractivity contribution in [2.45, 2.75) is 45.2 Å². The van der Waals surface area contributed by atoms with Crippen LogP contribution in [0, 0.1) is 5.92 Å². The lowest BCUT2D eigenvalue weighted by Crippen LogP contribution is -2.45. The molecule has 1 aromatic heterocycles. The second kappa shape index (κ2) is 6.16. The first kappa shape index (κ1) is 13.9. The van der Waals surface area contributed by atoms with Gasteiger partial charge in [0.15, 0.2) is 5.58 Å². The SMILES string of the molecule is C[C@@H]1CCCC[C@H]1NC(=O)NCc1noc2ccccc12. The molecule has 1 aromatic carbocycles. The van der Waals surface area contributed by atoms with Crippen LogP contribution in [0.3, 0.4) is 0 Å². The average Bonchev–Trinajstić information content (AvgIpc) is 2.91. The fourth-order valence-corrected chi connectivity index (χ4v) is 2.98. The van der Waals surface area contributed by atoms with E-state index in [-0.39, 0.29) is 12.1 Å². The molecule has 112 valence electrons. The summed E-state index contributed by atoms with van der Waals surface area (Å²) in [6.45, 7) is 2.58. The molecule has 1 saturated carbocycles. The van der Waals surface area contributed by atoms with Gasteiger partial charge in [0, 0.05) is 11.4 Å². The molecule has 0 spiro atoms. The molecule has 0 radical (unpaired) electrons. The highest BCUT2D eigenvalue weighted by atomic mass is 16.5. The van der Waals surface area contributed by atoms with Crippen LogP contribution < -0.4 is 10.6 Å². The number of benzene rings is 1. The van der Waals surface area contributed by atoms with Gasteiger partial charge in [0.2, 0.25) is 0 Å². The van der Waals surface area contributed by atoms with Crippen molar-refractivity contribution in [3.05, 3.63) is 30.0 Å². The molecule has 5 heteroatoms. The summed E-state index contributed by atoms with van der Waals surface area (Å²) in [5.41, 5.74) is 1.51. The van der Waals surface area contributed by atoms with E-state index in [1.165, 1.54) is 19.3 Å². The van der Waals surface area contributed by atoms with Gasteiger partial charge in [-0.25, -0.2) is 4.79 Å². The molecule has 2 amide bonds. The van der Waals surface area contributed by atoms with Gasteiger partial charge in [-0.05, 0) is 30.9 Å². The van der Waals surface area contributed by atoms with E-state index >= 15 is 0 Å². The number of amides is 2. The van der Waals surface area contributed by atoms with E-state index in [9.17, 15) is 4.79 Å². The molecule has 1 fully saturated rings. The van der Waals surface area contributed by atoms with Crippen molar-refractivity contribution < 1.29 is 9.32 Å². The van der Waals surface area contributed by atoms with Gasteiger partial charge in [-0.3, -0.25) is 0 Å². The Morgan fingerprint density at radius 2 is 2.14 bits per heavy atom. The Hall–Kier alpha value is -2.04. The molecule has 2 atom stereocenters. The number of hydrogen-bond donors (Lipinski definition) is 2. The minimum absolute atomic E-state index is 0.124. The Morgan fingerprint density at radius 3 is 3.00 bits per heavy atom. The highest BCUT2D eigenvalue weighted by Gasteiger charge is 2.22. The number of hydrogen-bond acceptors (Lipinski definition) is 3. The summed E-state index contributed by atoms with van der Waals surface area (Å²) in [5, 5.41) is 10.9. The summed E-state index contributed by atoms with van der Waals surface area (Å²) >= 11 is 0. The van der Waals surface area contributed by atoms with Crippen molar-refractivity contribution in [3.63, 3.8) is 0 Å². The van der Waals surface area contributed by atoms with E-state index in [1.54, 1.807) is 0 Å². The van der Waals surface area contributed by atoms with Crippen LogP contribution in [0.5, 0.6) is 0 Å². The zero-order chi connectivity index (χ0) is 14.7. The van der Waals surface area contributed by atoms with E-state index in [4.69, 9.17) is 4.52 Å². The standard InChI is InChI=1S/C16H21N3O2/c1-11-6-2-4-8-13(11)18-16(20)17-10-14-12-7-3-5-9-15(12)21-19-14/h3,5,7,9,11,13H,2,4,6,8,10H2,1H3,(H2,17,18,20)/t11-,13-/m1/s1. The van der Waals surface area contributed by atoms with Gasteiger partial charge in [-0.2, -0.15) is 0 Å². The zero-order valence-corrected chi connectivity index (χ0v) is 12.3. The fourth-order valence-electron chi connectivity index (χ4n) is 2.98. The molecule has 1 aliphatic carbocycles. The quantitative estimate of drug-likeness (QED) is 0.911. The summed E-state index contributed by atoms with van der Waals surface area (Å²) in [7, 11) is 0. The van der Waals surface area contributed by atoms with E-state index < -0.39 is 0 Å². The first-order valence-electron chi connectivity index (χ1n) is 7.61. The predicted molar refractivity (Wildman–Crippen MR) is 80.8 cm³/mol. The van der Waals surface area contributed by atoms with Crippen molar-refractivity contribution in [1.82, 2.24) is 15.8 Å². The maximum atomic E-state index is 12.0. The van der Waals surface area contributed by atoms with Gasteiger partial charge in [-0.15, -0.1) is 0 Å². The molecule has 0 aliphatic heterocycles. The highest BCUT2D eigenvalue weighted by molar-refractivity contribution is 5.80. The van der Waals surface area contributed by atoms with Crippen LogP contribution in [0.25, 0.3) is 11.0 Å². The first-order valence-corrected chi connectivity index (χ1v) is 7.61. The van der Waals surface area contributed by atoms with Gasteiger partial charge in [0.05, 0.1) is 6.54 Å². The molecule has 3 rings (SSSR count). The summed E-state index contributed by atoms with van der Waals surface area (Å²) in [6.07, 6.45) is 4.73. The number of rotatable bonds is 3. The zero-order valence-electron chi connectivity index (χ0n) is 12.3. The third-order valence-corrected chi connectivity index (χ3v) is 4.30. The van der Waals surface area contributed by atoms with Crippen molar-refractivity contribution in [2.75, 3.05) is 0 Å². The molecule has 0 saturated heterocycles. The molecule has 2 aromatic rings. The maximum Gasteiger partial charge on any atom is 0.315 e. The van der Waals surface area contributed by atoms with Crippen LogP contribution in [0.1, 0.15) is 38.3 Å². The molecular formula is C16H21N3O2. The van der Waals surface area contributed by atoms with Gasteiger partial charge < -0.3 is 15.2 Å². The predicted octanol–water partition coefficient (Wildman–Crippen LogP) is 3.21. The van der Waals surface area contributed by atoms with Crippen LogP contribution in [0.15, 0.2) is 28.8 Å². The Kier molecular flexibility index (Phi) is 4.08. The van der Waals surface area contributed by atoms with Crippen molar-refractivity contribution in [3.8, 4) is 0 Å². The Morgan fingerprint density at radius 1 is 1.33 bits per heavy atom. The van der Waals surface area contributed by atoms with Gasteiger partial charge in [-0.1, -0.05) is 37.1 Å². The van der Waals surface area contributed by atoms with Crippen molar-refractivity contribution >= 4 is 17.0 Å². The van der Waals surface area contributed by atoms with Gasteiger partial charge in [0.25, 0.3) is 0 Å². The van der Waals surface area contributed by atoms with Crippen LogP contribution in [0.4, 0.5) is 4.79 Å². The maximum absolute atomic E-state index is 12.0. The number of nitrogens with one attached hydrogen (secondary N) is 2. The van der Waals surface area contributed by atoms with Crippen molar-refractivity contribution in [1.29, 1.82) is 0 Å². The minimum atomic E-state index is -0.124. The van der Waals surface area contributed by atoms with E-state index in [0.29, 0.717) is 12.5 Å². The fraction of sp³-hybridized carbons (Fsp3) is 0.500. The summed E-state index contributed by atoms with van der Waals surface area (Å²) in [6, 6.07) is 7.82.